The number of carboxylic acid groups (broad SMARTS) is 1. The lowest BCUT2D eigenvalue weighted by Gasteiger charge is -2.24. The molecule has 0 fully saturated rings. The minimum absolute atomic E-state index is 0.0365. The summed E-state index contributed by atoms with van der Waals surface area (Å²) in [5.74, 6) is 0.122. The van der Waals surface area contributed by atoms with Crippen molar-refractivity contribution in [2.45, 2.75) is 32.9 Å². The van der Waals surface area contributed by atoms with Gasteiger partial charge < -0.3 is 9.63 Å². The lowest BCUT2D eigenvalue weighted by molar-refractivity contribution is -0.139. The molecule has 0 amide bonds. The lowest BCUT2D eigenvalue weighted by Crippen LogP contribution is -2.36. The van der Waals surface area contributed by atoms with Crippen molar-refractivity contribution in [1.29, 1.82) is 0 Å². The Morgan fingerprint density at radius 3 is 3.00 bits per heavy atom. The highest BCUT2D eigenvalue weighted by atomic mass is 32.1. The molecule has 2 rings (SSSR count). The first-order valence-corrected chi connectivity index (χ1v) is 7.35. The van der Waals surface area contributed by atoms with Crippen LogP contribution in [0.3, 0.4) is 0 Å². The highest BCUT2D eigenvalue weighted by Gasteiger charge is 2.19. The van der Waals surface area contributed by atoms with Gasteiger partial charge in [-0.15, -0.1) is 0 Å². The zero-order valence-corrected chi connectivity index (χ0v) is 12.3. The molecule has 1 atom stereocenters. The summed E-state index contributed by atoms with van der Waals surface area (Å²) in [5.41, 5.74) is 0.915. The summed E-state index contributed by atoms with van der Waals surface area (Å²) >= 11 is 1.56. The molecule has 6 nitrogen and oxygen atoms in total. The van der Waals surface area contributed by atoms with Gasteiger partial charge in [-0.3, -0.25) is 9.69 Å². The van der Waals surface area contributed by atoms with Gasteiger partial charge in [0.25, 0.3) is 0 Å². The van der Waals surface area contributed by atoms with Crippen LogP contribution >= 0.6 is 11.3 Å². The molecule has 0 radical (unpaired) electrons. The van der Waals surface area contributed by atoms with Crippen LogP contribution in [0.25, 0.3) is 11.4 Å². The van der Waals surface area contributed by atoms with Crippen molar-refractivity contribution in [2.75, 3.05) is 6.54 Å². The fraction of sp³-hybridized carbons (Fsp3) is 0.462. The Kier molecular flexibility index (Phi) is 4.86. The Morgan fingerprint density at radius 2 is 2.40 bits per heavy atom. The van der Waals surface area contributed by atoms with Gasteiger partial charge in [0.2, 0.25) is 11.7 Å². The molecule has 0 aliphatic carbocycles. The van der Waals surface area contributed by atoms with Gasteiger partial charge in [-0.25, -0.2) is 0 Å². The number of hydrogen-bond donors (Lipinski definition) is 1. The van der Waals surface area contributed by atoms with Crippen LogP contribution in [-0.2, 0) is 11.3 Å². The molecular weight excluding hydrogens is 278 g/mol. The number of carboxylic acids is 1. The number of nitrogens with zero attached hydrogens (tertiary/aromatic N) is 3. The van der Waals surface area contributed by atoms with Gasteiger partial charge in [0.15, 0.2) is 0 Å². The molecule has 2 heterocycles. The van der Waals surface area contributed by atoms with Crippen LogP contribution in [0.5, 0.6) is 0 Å². The zero-order chi connectivity index (χ0) is 14.5. The molecule has 2 aromatic rings. The second-order valence-electron chi connectivity index (χ2n) is 4.58. The van der Waals surface area contributed by atoms with Gasteiger partial charge in [-0.2, -0.15) is 16.3 Å². The topological polar surface area (TPSA) is 79.5 Å². The van der Waals surface area contributed by atoms with Crippen molar-refractivity contribution >= 4 is 17.3 Å². The number of hydrogen-bond acceptors (Lipinski definition) is 6. The molecule has 0 aromatic carbocycles. The molecule has 0 saturated carbocycles. The Bertz CT molecular complexity index is 553. The van der Waals surface area contributed by atoms with E-state index in [1.165, 1.54) is 0 Å². The Morgan fingerprint density at radius 1 is 1.60 bits per heavy atom. The van der Waals surface area contributed by atoms with Crippen LogP contribution in [0.1, 0.15) is 26.2 Å². The van der Waals surface area contributed by atoms with E-state index in [1.54, 1.807) is 11.3 Å². The first-order valence-electron chi connectivity index (χ1n) is 6.41. The highest BCUT2D eigenvalue weighted by molar-refractivity contribution is 7.08. The van der Waals surface area contributed by atoms with E-state index >= 15 is 0 Å². The van der Waals surface area contributed by atoms with E-state index in [9.17, 15) is 4.79 Å². The SMILES string of the molecule is CCC(C)N(CC(=O)O)Cc1nc(-c2ccsc2)no1. The van der Waals surface area contributed by atoms with Crippen LogP contribution in [-0.4, -0.2) is 38.7 Å². The molecule has 1 N–H and O–H groups in total. The maximum Gasteiger partial charge on any atom is 0.317 e. The molecule has 0 aliphatic heterocycles. The smallest absolute Gasteiger partial charge is 0.317 e. The largest absolute Gasteiger partial charge is 0.480 e. The van der Waals surface area contributed by atoms with Crippen molar-refractivity contribution in [3.63, 3.8) is 0 Å². The van der Waals surface area contributed by atoms with Crippen molar-refractivity contribution in [2.24, 2.45) is 0 Å². The number of carbonyl (C=O) groups is 1. The Labute approximate surface area is 121 Å². The molecule has 0 bridgehead atoms. The summed E-state index contributed by atoms with van der Waals surface area (Å²) in [6.07, 6.45) is 0.860. The summed E-state index contributed by atoms with van der Waals surface area (Å²) in [5, 5.41) is 16.8. The summed E-state index contributed by atoms with van der Waals surface area (Å²) < 4.78 is 5.20. The van der Waals surface area contributed by atoms with Crippen molar-refractivity contribution < 1.29 is 14.4 Å². The second kappa shape index (κ2) is 6.62. The Hall–Kier alpha value is -1.73. The maximum atomic E-state index is 10.9. The van der Waals surface area contributed by atoms with Gasteiger partial charge in [0, 0.05) is 17.0 Å². The molecule has 108 valence electrons. The molecule has 20 heavy (non-hydrogen) atoms. The molecule has 7 heteroatoms. The summed E-state index contributed by atoms with van der Waals surface area (Å²) in [6.45, 7) is 4.31. The monoisotopic (exact) mass is 295 g/mol. The van der Waals surface area contributed by atoms with E-state index in [0.29, 0.717) is 18.3 Å². The fourth-order valence-electron chi connectivity index (χ4n) is 1.80. The van der Waals surface area contributed by atoms with Crippen LogP contribution in [0.2, 0.25) is 0 Å². The quantitative estimate of drug-likeness (QED) is 0.845. The molecule has 0 saturated heterocycles. The van der Waals surface area contributed by atoms with Crippen molar-refractivity contribution in [3.8, 4) is 11.4 Å². The minimum Gasteiger partial charge on any atom is -0.480 e. The summed E-state index contributed by atoms with van der Waals surface area (Å²) in [6, 6.07) is 2.06. The highest BCUT2D eigenvalue weighted by Crippen LogP contribution is 2.19. The third kappa shape index (κ3) is 3.64. The lowest BCUT2D eigenvalue weighted by atomic mass is 10.2. The van der Waals surface area contributed by atoms with Gasteiger partial charge in [0.05, 0.1) is 13.1 Å². The number of aliphatic carboxylic acids is 1. The van der Waals surface area contributed by atoms with Crippen LogP contribution in [0, 0.1) is 0 Å². The summed E-state index contributed by atoms with van der Waals surface area (Å²) in [7, 11) is 0. The summed E-state index contributed by atoms with van der Waals surface area (Å²) in [4.78, 5) is 17.0. The van der Waals surface area contributed by atoms with Gasteiger partial charge in [-0.05, 0) is 24.8 Å². The third-order valence-corrected chi connectivity index (χ3v) is 3.82. The first kappa shape index (κ1) is 14.7. The zero-order valence-electron chi connectivity index (χ0n) is 11.4. The van der Waals surface area contributed by atoms with E-state index in [1.807, 2.05) is 35.6 Å². The predicted molar refractivity (Wildman–Crippen MR) is 75.4 cm³/mol. The minimum atomic E-state index is -0.858. The second-order valence-corrected chi connectivity index (χ2v) is 5.36. The van der Waals surface area contributed by atoms with E-state index in [4.69, 9.17) is 9.63 Å². The maximum absolute atomic E-state index is 10.9. The average molecular weight is 295 g/mol. The number of rotatable bonds is 7. The molecule has 1 unspecified atom stereocenters. The molecule has 0 aliphatic rings. The van der Waals surface area contributed by atoms with E-state index in [2.05, 4.69) is 10.1 Å². The van der Waals surface area contributed by atoms with Gasteiger partial charge in [0.1, 0.15) is 0 Å². The number of thiophene rings is 1. The molecular formula is C13H17N3O3S. The standard InChI is InChI=1S/C13H17N3O3S/c1-3-9(2)16(7-12(17)18)6-11-14-13(15-19-11)10-4-5-20-8-10/h4-5,8-9H,3,6-7H2,1-2H3,(H,17,18). The molecule has 2 aromatic heterocycles. The van der Waals surface area contributed by atoms with Crippen molar-refractivity contribution in [1.82, 2.24) is 15.0 Å². The fourth-order valence-corrected chi connectivity index (χ4v) is 2.44. The van der Waals surface area contributed by atoms with E-state index < -0.39 is 5.97 Å². The normalized spacial score (nSPS) is 12.8. The van der Waals surface area contributed by atoms with Crippen molar-refractivity contribution in [3.05, 3.63) is 22.7 Å². The first-order chi connectivity index (χ1) is 9.60. The van der Waals surface area contributed by atoms with Crippen LogP contribution in [0.15, 0.2) is 21.3 Å². The van der Waals surface area contributed by atoms with Crippen LogP contribution in [0.4, 0.5) is 0 Å². The molecule has 0 spiro atoms. The number of aromatic nitrogens is 2. The van der Waals surface area contributed by atoms with Gasteiger partial charge in [-0.1, -0.05) is 12.1 Å². The Balaban J connectivity index is 2.08. The van der Waals surface area contributed by atoms with Crippen LogP contribution < -0.4 is 0 Å². The van der Waals surface area contributed by atoms with Gasteiger partial charge >= 0.3 is 5.97 Å². The van der Waals surface area contributed by atoms with E-state index in [-0.39, 0.29) is 12.6 Å². The predicted octanol–water partition coefficient (Wildman–Crippen LogP) is 2.48. The van der Waals surface area contributed by atoms with E-state index in [0.717, 1.165) is 12.0 Å². The third-order valence-electron chi connectivity index (χ3n) is 3.14. The average Bonchev–Trinajstić information content (AvgIpc) is 3.06.